The average molecular weight is 564 g/mol. The molecule has 2 rings (SSSR count). The maximum absolute atomic E-state index is 14.5. The fraction of sp³-hybridized carbons (Fsp3) is 0.433. The van der Waals surface area contributed by atoms with Crippen LogP contribution >= 0.6 is 11.6 Å². The minimum absolute atomic E-state index is 0.146. The second-order valence-electron chi connectivity index (χ2n) is 11.5. The SMILES string of the molecule is Cc1cc(Cl)cc(/C(=C/C(=O)c2ccc([C@H](C)N(C(=O)OC(C)(C)C)C(=O)OC(C)(C)C)cc2)C(C)(F)F)c1. The van der Waals surface area contributed by atoms with Gasteiger partial charge in [-0.05, 0) is 90.3 Å². The van der Waals surface area contributed by atoms with Crippen LogP contribution in [-0.2, 0) is 9.47 Å². The van der Waals surface area contributed by atoms with Crippen molar-refractivity contribution in [2.24, 2.45) is 0 Å². The van der Waals surface area contributed by atoms with E-state index < -0.39 is 46.7 Å². The van der Waals surface area contributed by atoms with E-state index >= 15 is 0 Å². The van der Waals surface area contributed by atoms with Crippen LogP contribution in [0.3, 0.4) is 0 Å². The third kappa shape index (κ3) is 9.46. The van der Waals surface area contributed by atoms with E-state index in [1.807, 2.05) is 0 Å². The molecule has 0 fully saturated rings. The van der Waals surface area contributed by atoms with Gasteiger partial charge in [0.25, 0.3) is 5.92 Å². The van der Waals surface area contributed by atoms with Gasteiger partial charge >= 0.3 is 12.2 Å². The van der Waals surface area contributed by atoms with Gasteiger partial charge in [0.1, 0.15) is 11.2 Å². The van der Waals surface area contributed by atoms with Crippen molar-refractivity contribution in [2.75, 3.05) is 0 Å². The second-order valence-corrected chi connectivity index (χ2v) is 11.9. The van der Waals surface area contributed by atoms with Gasteiger partial charge in [-0.15, -0.1) is 0 Å². The number of halogens is 3. The molecule has 0 aliphatic rings. The maximum Gasteiger partial charge on any atom is 0.420 e. The number of aryl methyl sites for hydroxylation is 1. The van der Waals surface area contributed by atoms with Crippen molar-refractivity contribution >= 4 is 35.1 Å². The highest BCUT2D eigenvalue weighted by molar-refractivity contribution is 6.30. The fourth-order valence-electron chi connectivity index (χ4n) is 3.66. The summed E-state index contributed by atoms with van der Waals surface area (Å²) < 4.78 is 39.8. The lowest BCUT2D eigenvalue weighted by atomic mass is 9.95. The summed E-state index contributed by atoms with van der Waals surface area (Å²) in [6.45, 7) is 14.1. The van der Waals surface area contributed by atoms with Crippen molar-refractivity contribution in [3.63, 3.8) is 0 Å². The Hall–Kier alpha value is -3.26. The number of alkyl halides is 2. The first-order chi connectivity index (χ1) is 17.7. The number of nitrogens with zero attached hydrogens (tertiary/aromatic N) is 1. The molecule has 39 heavy (non-hydrogen) atoms. The van der Waals surface area contributed by atoms with Crippen LogP contribution in [0.15, 0.2) is 48.5 Å². The molecular weight excluding hydrogens is 528 g/mol. The van der Waals surface area contributed by atoms with E-state index in [4.69, 9.17) is 21.1 Å². The van der Waals surface area contributed by atoms with Crippen LogP contribution in [0.4, 0.5) is 18.4 Å². The summed E-state index contributed by atoms with van der Waals surface area (Å²) in [6.07, 6.45) is -0.880. The summed E-state index contributed by atoms with van der Waals surface area (Å²) in [5.74, 6) is -3.94. The van der Waals surface area contributed by atoms with Crippen LogP contribution in [0.25, 0.3) is 5.57 Å². The molecule has 2 amide bonds. The largest absolute Gasteiger partial charge is 0.443 e. The zero-order chi connectivity index (χ0) is 29.9. The monoisotopic (exact) mass is 563 g/mol. The van der Waals surface area contributed by atoms with Crippen molar-refractivity contribution in [2.45, 2.75) is 85.5 Å². The first-order valence-corrected chi connectivity index (χ1v) is 12.8. The zero-order valence-corrected chi connectivity index (χ0v) is 24.6. The Kier molecular flexibility index (Phi) is 9.72. The van der Waals surface area contributed by atoms with E-state index in [9.17, 15) is 23.2 Å². The van der Waals surface area contributed by atoms with Gasteiger partial charge in [-0.2, -0.15) is 0 Å². The highest BCUT2D eigenvalue weighted by Crippen LogP contribution is 2.34. The normalized spacial score (nSPS) is 13.5. The zero-order valence-electron chi connectivity index (χ0n) is 23.8. The van der Waals surface area contributed by atoms with Crippen molar-refractivity contribution in [3.05, 3.63) is 75.8 Å². The number of imide groups is 1. The molecule has 212 valence electrons. The minimum Gasteiger partial charge on any atom is -0.443 e. The molecule has 0 aromatic heterocycles. The Bertz CT molecular complexity index is 1200. The Balaban J connectivity index is 2.42. The van der Waals surface area contributed by atoms with E-state index in [-0.39, 0.29) is 16.1 Å². The highest BCUT2D eigenvalue weighted by Gasteiger charge is 2.35. The van der Waals surface area contributed by atoms with Gasteiger partial charge in [0.2, 0.25) is 0 Å². The predicted molar refractivity (Wildman–Crippen MR) is 148 cm³/mol. The predicted octanol–water partition coefficient (Wildman–Crippen LogP) is 8.80. The van der Waals surface area contributed by atoms with Crippen molar-refractivity contribution < 1.29 is 32.6 Å². The molecule has 0 spiro atoms. The molecular formula is C30H36ClF2NO5. The third-order valence-corrected chi connectivity index (χ3v) is 5.57. The molecule has 0 bridgehead atoms. The topological polar surface area (TPSA) is 72.9 Å². The number of rotatable bonds is 6. The van der Waals surface area contributed by atoms with E-state index in [2.05, 4.69) is 0 Å². The lowest BCUT2D eigenvalue weighted by Crippen LogP contribution is -2.44. The summed E-state index contributed by atoms with van der Waals surface area (Å²) in [6, 6.07) is 9.72. The number of allylic oxidation sites excluding steroid dienone is 2. The molecule has 0 radical (unpaired) electrons. The van der Waals surface area contributed by atoms with Crippen molar-refractivity contribution in [1.82, 2.24) is 4.90 Å². The van der Waals surface area contributed by atoms with Gasteiger partial charge in [0, 0.05) is 23.1 Å². The van der Waals surface area contributed by atoms with Gasteiger partial charge in [-0.25, -0.2) is 23.3 Å². The van der Waals surface area contributed by atoms with Gasteiger partial charge in [0.05, 0.1) is 6.04 Å². The fourth-order valence-corrected chi connectivity index (χ4v) is 3.95. The van der Waals surface area contributed by atoms with Crippen molar-refractivity contribution in [1.29, 1.82) is 0 Å². The third-order valence-electron chi connectivity index (χ3n) is 5.35. The van der Waals surface area contributed by atoms with Crippen LogP contribution in [-0.4, -0.2) is 40.0 Å². The minimum atomic E-state index is -3.30. The summed E-state index contributed by atoms with van der Waals surface area (Å²) >= 11 is 6.06. The van der Waals surface area contributed by atoms with Gasteiger partial charge in [0.15, 0.2) is 5.78 Å². The van der Waals surface area contributed by atoms with Crippen LogP contribution in [0.2, 0.25) is 5.02 Å². The molecule has 0 saturated heterocycles. The number of ether oxygens (including phenoxy) is 2. The average Bonchev–Trinajstić information content (AvgIpc) is 2.73. The number of benzene rings is 2. The Morgan fingerprint density at radius 1 is 0.846 bits per heavy atom. The van der Waals surface area contributed by atoms with Crippen molar-refractivity contribution in [3.8, 4) is 0 Å². The highest BCUT2D eigenvalue weighted by atomic mass is 35.5. The molecule has 1 atom stereocenters. The van der Waals surface area contributed by atoms with Gasteiger partial charge in [-0.1, -0.05) is 41.9 Å². The Morgan fingerprint density at radius 3 is 1.74 bits per heavy atom. The number of hydrogen-bond acceptors (Lipinski definition) is 5. The quantitative estimate of drug-likeness (QED) is 0.259. The standard InChI is InChI=1S/C30H36ClF2NO5/c1-18-14-22(16-23(31)15-18)24(30(9,32)33)17-25(35)21-12-10-20(11-13-21)19(2)34(26(36)38-28(3,4)5)27(37)39-29(6,7)8/h10-17,19H,1-9H3/b24-17-/t19-/m0/s1. The Morgan fingerprint density at radius 2 is 1.33 bits per heavy atom. The van der Waals surface area contributed by atoms with Gasteiger partial charge in [-0.3, -0.25) is 4.79 Å². The van der Waals surface area contributed by atoms with Crippen LogP contribution in [0.5, 0.6) is 0 Å². The molecule has 2 aromatic rings. The molecule has 6 nitrogen and oxygen atoms in total. The summed E-state index contributed by atoms with van der Waals surface area (Å²) in [4.78, 5) is 39.7. The molecule has 0 heterocycles. The summed E-state index contributed by atoms with van der Waals surface area (Å²) in [7, 11) is 0. The number of carbonyl (C=O) groups is 3. The van der Waals surface area contributed by atoms with Crippen LogP contribution in [0.1, 0.15) is 88.5 Å². The lowest BCUT2D eigenvalue weighted by Gasteiger charge is -2.32. The molecule has 0 saturated carbocycles. The first kappa shape index (κ1) is 32.0. The van der Waals surface area contributed by atoms with Gasteiger partial charge < -0.3 is 9.47 Å². The second kappa shape index (κ2) is 11.9. The molecule has 0 unspecified atom stereocenters. The number of ketones is 1. The van der Waals surface area contributed by atoms with E-state index in [0.29, 0.717) is 11.1 Å². The smallest absolute Gasteiger partial charge is 0.420 e. The number of hydrogen-bond donors (Lipinski definition) is 0. The maximum atomic E-state index is 14.5. The molecule has 2 aromatic carbocycles. The molecule has 0 aliphatic heterocycles. The Labute approximate surface area is 233 Å². The molecule has 9 heteroatoms. The van der Waals surface area contributed by atoms with E-state index in [1.165, 1.54) is 24.3 Å². The van der Waals surface area contributed by atoms with Crippen LogP contribution in [0, 0.1) is 6.92 Å². The first-order valence-electron chi connectivity index (χ1n) is 12.4. The van der Waals surface area contributed by atoms with Crippen LogP contribution < -0.4 is 0 Å². The summed E-state index contributed by atoms with van der Waals surface area (Å²) in [5, 5.41) is 0.283. The van der Waals surface area contributed by atoms with E-state index in [1.54, 1.807) is 73.6 Å². The molecule has 0 N–H and O–H groups in total. The summed E-state index contributed by atoms with van der Waals surface area (Å²) in [5.41, 5.74) is -0.710. The van der Waals surface area contributed by atoms with E-state index in [0.717, 1.165) is 17.9 Å². The lowest BCUT2D eigenvalue weighted by molar-refractivity contribution is -0.00613. The molecule has 0 aliphatic carbocycles. The number of carbonyl (C=O) groups excluding carboxylic acids is 3. The number of amides is 2.